The van der Waals surface area contributed by atoms with Crippen molar-refractivity contribution >= 4 is 17.7 Å². The fourth-order valence-corrected chi connectivity index (χ4v) is 3.34. The van der Waals surface area contributed by atoms with Crippen LogP contribution >= 0.6 is 0 Å². The number of hydrogen-bond donors (Lipinski definition) is 1. The van der Waals surface area contributed by atoms with Gasteiger partial charge < -0.3 is 5.73 Å². The van der Waals surface area contributed by atoms with Crippen LogP contribution in [0.1, 0.15) is 40.0 Å². The zero-order valence-corrected chi connectivity index (χ0v) is 11.2. The predicted octanol–water partition coefficient (Wildman–Crippen LogP) is 0.673. The molecule has 2 fully saturated rings. The SMILES string of the molecule is CC12CCC(C(=O)N(CCC(N)=O)C1=O)C2(C)C. The molecule has 2 atom stereocenters. The smallest absolute Gasteiger partial charge is 0.235 e. The van der Waals surface area contributed by atoms with E-state index in [9.17, 15) is 14.4 Å². The highest BCUT2D eigenvalue weighted by atomic mass is 16.2. The van der Waals surface area contributed by atoms with Gasteiger partial charge in [0.2, 0.25) is 17.7 Å². The molecule has 2 unspecified atom stereocenters. The second-order valence-electron chi connectivity index (χ2n) is 6.16. The van der Waals surface area contributed by atoms with Crippen molar-refractivity contribution in [2.24, 2.45) is 22.5 Å². The molecule has 2 aliphatic rings. The number of fused-ring (bicyclic) bond motifs is 2. The van der Waals surface area contributed by atoms with Crippen LogP contribution in [0.5, 0.6) is 0 Å². The molecule has 1 saturated carbocycles. The maximum Gasteiger partial charge on any atom is 0.235 e. The summed E-state index contributed by atoms with van der Waals surface area (Å²) >= 11 is 0. The molecule has 1 heterocycles. The van der Waals surface area contributed by atoms with Crippen molar-refractivity contribution in [3.05, 3.63) is 0 Å². The van der Waals surface area contributed by atoms with Gasteiger partial charge in [-0.3, -0.25) is 19.3 Å². The number of rotatable bonds is 3. The van der Waals surface area contributed by atoms with Crippen LogP contribution in [0.2, 0.25) is 0 Å². The Labute approximate surface area is 107 Å². The third kappa shape index (κ3) is 1.49. The summed E-state index contributed by atoms with van der Waals surface area (Å²) in [6.45, 7) is 6.03. The first-order chi connectivity index (χ1) is 8.22. The molecule has 2 rings (SSSR count). The topological polar surface area (TPSA) is 80.5 Å². The molecule has 18 heavy (non-hydrogen) atoms. The van der Waals surface area contributed by atoms with Crippen molar-refractivity contribution in [1.29, 1.82) is 0 Å². The Morgan fingerprint density at radius 1 is 1.39 bits per heavy atom. The normalized spacial score (nSPS) is 33.9. The molecule has 0 radical (unpaired) electrons. The van der Waals surface area contributed by atoms with Crippen molar-refractivity contribution in [3.63, 3.8) is 0 Å². The average molecular weight is 252 g/mol. The molecule has 1 saturated heterocycles. The number of imide groups is 1. The molecule has 0 aromatic carbocycles. The lowest BCUT2D eigenvalue weighted by Gasteiger charge is -2.47. The summed E-state index contributed by atoms with van der Waals surface area (Å²) < 4.78 is 0. The molecule has 100 valence electrons. The second kappa shape index (κ2) is 3.80. The van der Waals surface area contributed by atoms with Gasteiger partial charge in [-0.25, -0.2) is 0 Å². The van der Waals surface area contributed by atoms with E-state index in [2.05, 4.69) is 0 Å². The minimum Gasteiger partial charge on any atom is -0.370 e. The molecule has 0 aromatic rings. The molecule has 5 heteroatoms. The average Bonchev–Trinajstić information content (AvgIpc) is 2.44. The maximum atomic E-state index is 12.5. The van der Waals surface area contributed by atoms with Crippen molar-refractivity contribution in [2.45, 2.75) is 40.0 Å². The van der Waals surface area contributed by atoms with Crippen molar-refractivity contribution < 1.29 is 14.4 Å². The van der Waals surface area contributed by atoms with Crippen LogP contribution in [-0.4, -0.2) is 29.2 Å². The first kappa shape index (κ1) is 13.1. The van der Waals surface area contributed by atoms with Crippen LogP contribution < -0.4 is 5.73 Å². The molecule has 3 amide bonds. The first-order valence-electron chi connectivity index (χ1n) is 6.36. The third-order valence-electron chi connectivity index (χ3n) is 5.09. The maximum absolute atomic E-state index is 12.5. The number of likely N-dealkylation sites (tertiary alicyclic amines) is 1. The largest absolute Gasteiger partial charge is 0.370 e. The Kier molecular flexibility index (Phi) is 2.76. The Bertz CT molecular complexity index is 430. The van der Waals surface area contributed by atoms with Crippen LogP contribution in [0.3, 0.4) is 0 Å². The van der Waals surface area contributed by atoms with Gasteiger partial charge in [0.1, 0.15) is 0 Å². The minimum atomic E-state index is -0.497. The second-order valence-corrected chi connectivity index (χ2v) is 6.16. The zero-order valence-electron chi connectivity index (χ0n) is 11.2. The minimum absolute atomic E-state index is 0.0424. The molecule has 1 aliphatic heterocycles. The summed E-state index contributed by atoms with van der Waals surface area (Å²) in [4.78, 5) is 36.9. The van der Waals surface area contributed by atoms with Gasteiger partial charge in [0.25, 0.3) is 0 Å². The van der Waals surface area contributed by atoms with E-state index in [1.807, 2.05) is 20.8 Å². The number of nitrogens with two attached hydrogens (primary N) is 1. The van der Waals surface area contributed by atoms with Crippen LogP contribution in [-0.2, 0) is 14.4 Å². The van der Waals surface area contributed by atoms with Crippen LogP contribution in [0.4, 0.5) is 0 Å². The van der Waals surface area contributed by atoms with E-state index in [1.54, 1.807) is 0 Å². The number of amides is 3. The Morgan fingerprint density at radius 2 is 2.00 bits per heavy atom. The van der Waals surface area contributed by atoms with E-state index in [0.29, 0.717) is 0 Å². The monoisotopic (exact) mass is 252 g/mol. The van der Waals surface area contributed by atoms with Gasteiger partial charge >= 0.3 is 0 Å². The lowest BCUT2D eigenvalue weighted by atomic mass is 9.62. The summed E-state index contributed by atoms with van der Waals surface area (Å²) in [7, 11) is 0. The Balaban J connectivity index is 2.30. The Hall–Kier alpha value is -1.39. The number of hydrogen-bond acceptors (Lipinski definition) is 3. The number of carbonyl (C=O) groups excluding carboxylic acids is 3. The van der Waals surface area contributed by atoms with Gasteiger partial charge in [-0.2, -0.15) is 0 Å². The number of primary amides is 1. The molecule has 0 aromatic heterocycles. The van der Waals surface area contributed by atoms with Gasteiger partial charge in [0.05, 0.1) is 5.41 Å². The molecule has 2 N–H and O–H groups in total. The first-order valence-corrected chi connectivity index (χ1v) is 6.36. The number of nitrogens with zero attached hydrogens (tertiary/aromatic N) is 1. The highest BCUT2D eigenvalue weighted by molar-refractivity contribution is 6.04. The highest BCUT2D eigenvalue weighted by Gasteiger charge is 2.64. The molecule has 0 spiro atoms. The van der Waals surface area contributed by atoms with Crippen LogP contribution in [0.15, 0.2) is 0 Å². The van der Waals surface area contributed by atoms with Crippen molar-refractivity contribution in [2.75, 3.05) is 6.54 Å². The van der Waals surface area contributed by atoms with Crippen LogP contribution in [0.25, 0.3) is 0 Å². The zero-order chi connectivity index (χ0) is 13.7. The molecule has 5 nitrogen and oxygen atoms in total. The van der Waals surface area contributed by atoms with Gasteiger partial charge in [0, 0.05) is 18.9 Å². The Morgan fingerprint density at radius 3 is 2.56 bits per heavy atom. The highest BCUT2D eigenvalue weighted by Crippen LogP contribution is 2.59. The van der Waals surface area contributed by atoms with E-state index < -0.39 is 11.3 Å². The summed E-state index contributed by atoms with van der Waals surface area (Å²) in [6.07, 6.45) is 1.53. The molecule has 2 bridgehead atoms. The van der Waals surface area contributed by atoms with Crippen molar-refractivity contribution in [3.8, 4) is 0 Å². The van der Waals surface area contributed by atoms with E-state index in [0.717, 1.165) is 12.8 Å². The lowest BCUT2D eigenvalue weighted by Crippen LogP contribution is -2.59. The van der Waals surface area contributed by atoms with Gasteiger partial charge in [-0.15, -0.1) is 0 Å². The summed E-state index contributed by atoms with van der Waals surface area (Å²) in [5.74, 6) is -0.889. The predicted molar refractivity (Wildman–Crippen MR) is 65.1 cm³/mol. The lowest BCUT2D eigenvalue weighted by molar-refractivity contribution is -0.167. The summed E-state index contributed by atoms with van der Waals surface area (Å²) in [5.41, 5.74) is 4.29. The summed E-state index contributed by atoms with van der Waals surface area (Å²) in [6, 6.07) is 0. The summed E-state index contributed by atoms with van der Waals surface area (Å²) in [5, 5.41) is 0. The van der Waals surface area contributed by atoms with E-state index >= 15 is 0 Å². The fourth-order valence-electron chi connectivity index (χ4n) is 3.34. The van der Waals surface area contributed by atoms with E-state index in [1.165, 1.54) is 4.90 Å². The van der Waals surface area contributed by atoms with Crippen molar-refractivity contribution in [1.82, 2.24) is 4.90 Å². The van der Waals surface area contributed by atoms with Gasteiger partial charge in [-0.05, 0) is 18.3 Å². The third-order valence-corrected chi connectivity index (χ3v) is 5.09. The van der Waals surface area contributed by atoms with Gasteiger partial charge in [-0.1, -0.05) is 20.8 Å². The fraction of sp³-hybridized carbons (Fsp3) is 0.769. The van der Waals surface area contributed by atoms with Gasteiger partial charge in [0.15, 0.2) is 0 Å². The molecule has 1 aliphatic carbocycles. The number of carbonyl (C=O) groups is 3. The standard InChI is InChI=1S/C13H20N2O3/c1-12(2)8-4-6-13(12,3)11(18)15(10(8)17)7-5-9(14)16/h8H,4-7H2,1-3H3,(H2,14,16). The van der Waals surface area contributed by atoms with E-state index in [4.69, 9.17) is 5.73 Å². The number of piperidine rings is 1. The van der Waals surface area contributed by atoms with Crippen LogP contribution in [0, 0.1) is 16.7 Å². The molecular formula is C13H20N2O3. The van der Waals surface area contributed by atoms with E-state index in [-0.39, 0.29) is 36.1 Å². The molecular weight excluding hydrogens is 232 g/mol. The quantitative estimate of drug-likeness (QED) is 0.750.